The van der Waals surface area contributed by atoms with E-state index < -0.39 is 11.1 Å². The van der Waals surface area contributed by atoms with Crippen LogP contribution in [0.4, 0.5) is 5.69 Å². The van der Waals surface area contributed by atoms with Crippen molar-refractivity contribution in [3.8, 4) is 0 Å². The number of nitrogens with zero attached hydrogens (tertiary/aromatic N) is 1. The van der Waals surface area contributed by atoms with E-state index in [4.69, 9.17) is 4.55 Å². The Balaban J connectivity index is 3.00. The Morgan fingerprint density at radius 1 is 1.27 bits per heavy atom. The van der Waals surface area contributed by atoms with Crippen molar-refractivity contribution < 1.29 is 8.76 Å². The summed E-state index contributed by atoms with van der Waals surface area (Å²) < 4.78 is 19.0. The Morgan fingerprint density at radius 3 is 2.18 bits per heavy atom. The minimum absolute atomic E-state index is 0.249. The largest absolute Gasteiger partial charge is 0.302 e. The minimum Gasteiger partial charge on any atom is -0.302 e. The first-order chi connectivity index (χ1) is 5.24. The van der Waals surface area contributed by atoms with Gasteiger partial charge in [0.15, 0.2) is 11.1 Å². The van der Waals surface area contributed by atoms with Gasteiger partial charge in [-0.25, -0.2) is 4.21 Å². The number of hydrogen-bond acceptors (Lipinski definition) is 3. The standard InChI is InChI=1S/C6H5NO3S/c8-7-5-1-3-6(4-2-5)11(9)10/h1-4H,(H,9,10). The molecule has 1 aromatic rings. The zero-order valence-electron chi connectivity index (χ0n) is 5.43. The smallest absolute Gasteiger partial charge is 0.186 e. The second-order valence-electron chi connectivity index (χ2n) is 1.83. The Bertz CT molecular complexity index is 282. The summed E-state index contributed by atoms with van der Waals surface area (Å²) in [5, 5.41) is 2.64. The highest BCUT2D eigenvalue weighted by molar-refractivity contribution is 7.79. The van der Waals surface area contributed by atoms with Gasteiger partial charge in [0.05, 0.1) is 4.90 Å². The molecule has 58 valence electrons. The molecule has 0 bridgehead atoms. The molecule has 0 aliphatic carbocycles. The third-order valence-electron chi connectivity index (χ3n) is 1.14. The van der Waals surface area contributed by atoms with Crippen molar-refractivity contribution >= 4 is 16.8 Å². The first-order valence-electron chi connectivity index (χ1n) is 2.78. The van der Waals surface area contributed by atoms with Gasteiger partial charge < -0.3 is 4.55 Å². The highest BCUT2D eigenvalue weighted by atomic mass is 32.2. The van der Waals surface area contributed by atoms with Crippen LogP contribution in [-0.4, -0.2) is 8.76 Å². The van der Waals surface area contributed by atoms with Gasteiger partial charge in [0.2, 0.25) is 0 Å². The number of hydrogen-bond donors (Lipinski definition) is 1. The summed E-state index contributed by atoms with van der Waals surface area (Å²) >= 11 is -1.98. The van der Waals surface area contributed by atoms with Crippen LogP contribution in [0.25, 0.3) is 0 Å². The van der Waals surface area contributed by atoms with Crippen LogP contribution < -0.4 is 0 Å². The summed E-state index contributed by atoms with van der Waals surface area (Å²) in [6.07, 6.45) is 0. The van der Waals surface area contributed by atoms with E-state index in [1.165, 1.54) is 24.3 Å². The minimum atomic E-state index is -1.98. The summed E-state index contributed by atoms with van der Waals surface area (Å²) in [7, 11) is 0. The van der Waals surface area contributed by atoms with E-state index in [0.717, 1.165) is 0 Å². The van der Waals surface area contributed by atoms with Crippen molar-refractivity contribution in [1.82, 2.24) is 0 Å². The van der Waals surface area contributed by atoms with Crippen molar-refractivity contribution in [3.63, 3.8) is 0 Å². The Hall–Kier alpha value is -1.07. The third kappa shape index (κ3) is 1.92. The summed E-state index contributed by atoms with van der Waals surface area (Å²) in [6.45, 7) is 0. The van der Waals surface area contributed by atoms with Crippen molar-refractivity contribution in [3.05, 3.63) is 29.2 Å². The van der Waals surface area contributed by atoms with Crippen LogP contribution >= 0.6 is 0 Å². The highest BCUT2D eigenvalue weighted by Gasteiger charge is 1.98. The highest BCUT2D eigenvalue weighted by Crippen LogP contribution is 2.13. The molecule has 0 heterocycles. The third-order valence-corrected chi connectivity index (χ3v) is 1.82. The van der Waals surface area contributed by atoms with E-state index in [9.17, 15) is 9.12 Å². The van der Waals surface area contributed by atoms with Crippen LogP contribution in [0.5, 0.6) is 0 Å². The van der Waals surface area contributed by atoms with Gasteiger partial charge in [-0.05, 0) is 29.4 Å². The molecular weight excluding hydrogens is 166 g/mol. The molecule has 1 aromatic carbocycles. The lowest BCUT2D eigenvalue weighted by Crippen LogP contribution is -1.85. The molecule has 0 saturated carbocycles. The van der Waals surface area contributed by atoms with Crippen LogP contribution in [0.1, 0.15) is 0 Å². The Labute approximate surface area is 65.5 Å². The quantitative estimate of drug-likeness (QED) is 0.543. The van der Waals surface area contributed by atoms with Crippen molar-refractivity contribution in [1.29, 1.82) is 0 Å². The second-order valence-corrected chi connectivity index (χ2v) is 2.80. The van der Waals surface area contributed by atoms with Crippen LogP contribution in [0.2, 0.25) is 0 Å². The number of benzene rings is 1. The lowest BCUT2D eigenvalue weighted by atomic mass is 10.3. The van der Waals surface area contributed by atoms with Gasteiger partial charge in [-0.15, -0.1) is 4.91 Å². The predicted octanol–water partition coefficient (Wildman–Crippen LogP) is 1.67. The molecular formula is C6H5NO3S. The molecule has 1 rings (SSSR count). The van der Waals surface area contributed by atoms with Crippen LogP contribution in [-0.2, 0) is 11.1 Å². The maximum atomic E-state index is 10.4. The van der Waals surface area contributed by atoms with Crippen LogP contribution in [0.15, 0.2) is 34.3 Å². The normalized spacial score (nSPS) is 12.5. The fraction of sp³-hybridized carbons (Fsp3) is 0. The maximum absolute atomic E-state index is 10.4. The summed E-state index contributed by atoms with van der Waals surface area (Å²) in [4.78, 5) is 10.2. The van der Waals surface area contributed by atoms with Crippen LogP contribution in [0, 0.1) is 4.91 Å². The molecule has 0 radical (unpaired) electrons. The molecule has 0 amide bonds. The molecule has 1 atom stereocenters. The van der Waals surface area contributed by atoms with Gasteiger partial charge >= 0.3 is 0 Å². The van der Waals surface area contributed by atoms with Gasteiger partial charge in [0.25, 0.3) is 0 Å². The van der Waals surface area contributed by atoms with Crippen molar-refractivity contribution in [2.75, 3.05) is 0 Å². The fourth-order valence-corrected chi connectivity index (χ4v) is 0.992. The second kappa shape index (κ2) is 3.36. The van der Waals surface area contributed by atoms with Gasteiger partial charge in [-0.2, -0.15) is 0 Å². The van der Waals surface area contributed by atoms with E-state index >= 15 is 0 Å². The van der Waals surface area contributed by atoms with Crippen molar-refractivity contribution in [2.24, 2.45) is 5.18 Å². The van der Waals surface area contributed by atoms with Gasteiger partial charge in [0.1, 0.15) is 5.69 Å². The number of rotatable bonds is 2. The number of nitroso groups, excluding NO2 is 1. The Morgan fingerprint density at radius 2 is 1.82 bits per heavy atom. The summed E-state index contributed by atoms with van der Waals surface area (Å²) in [6, 6.07) is 5.53. The molecule has 0 aliphatic heterocycles. The molecule has 0 fully saturated rings. The van der Waals surface area contributed by atoms with E-state index in [0.29, 0.717) is 0 Å². The topological polar surface area (TPSA) is 66.7 Å². The summed E-state index contributed by atoms with van der Waals surface area (Å²) in [5.41, 5.74) is 0.249. The first-order valence-corrected chi connectivity index (χ1v) is 3.89. The van der Waals surface area contributed by atoms with E-state index in [1.54, 1.807) is 0 Å². The fourth-order valence-electron chi connectivity index (χ4n) is 0.623. The van der Waals surface area contributed by atoms with E-state index in [1.807, 2.05) is 0 Å². The molecule has 1 unspecified atom stereocenters. The Kier molecular flexibility index (Phi) is 2.45. The molecule has 0 aromatic heterocycles. The molecule has 4 nitrogen and oxygen atoms in total. The lowest BCUT2D eigenvalue weighted by molar-refractivity contribution is 0.564. The first kappa shape index (κ1) is 8.03. The predicted molar refractivity (Wildman–Crippen MR) is 40.9 cm³/mol. The molecule has 1 N–H and O–H groups in total. The lowest BCUT2D eigenvalue weighted by Gasteiger charge is -1.92. The van der Waals surface area contributed by atoms with E-state index in [-0.39, 0.29) is 10.6 Å². The SMILES string of the molecule is O=Nc1ccc(S(=O)O)cc1. The molecule has 0 saturated heterocycles. The van der Waals surface area contributed by atoms with Gasteiger partial charge in [-0.1, -0.05) is 0 Å². The van der Waals surface area contributed by atoms with Crippen LogP contribution in [0.3, 0.4) is 0 Å². The van der Waals surface area contributed by atoms with Gasteiger partial charge in [0, 0.05) is 0 Å². The molecule has 0 spiro atoms. The van der Waals surface area contributed by atoms with E-state index in [2.05, 4.69) is 5.18 Å². The summed E-state index contributed by atoms with van der Waals surface area (Å²) in [5.74, 6) is 0. The molecule has 11 heavy (non-hydrogen) atoms. The van der Waals surface area contributed by atoms with Crippen molar-refractivity contribution in [2.45, 2.75) is 4.90 Å². The van der Waals surface area contributed by atoms with Gasteiger partial charge in [-0.3, -0.25) is 0 Å². The maximum Gasteiger partial charge on any atom is 0.186 e. The zero-order valence-corrected chi connectivity index (χ0v) is 6.25. The average Bonchev–Trinajstić information content (AvgIpc) is 2.05. The average molecular weight is 171 g/mol. The zero-order chi connectivity index (χ0) is 8.27. The molecule has 0 aliphatic rings. The monoisotopic (exact) mass is 171 g/mol. The molecule has 5 heteroatoms.